The summed E-state index contributed by atoms with van der Waals surface area (Å²) < 4.78 is 5.89. The second kappa shape index (κ2) is 6.69. The van der Waals surface area contributed by atoms with Gasteiger partial charge < -0.3 is 10.5 Å². The third-order valence-corrected chi connectivity index (χ3v) is 5.18. The molecular weight excluding hydrogens is 344 g/mol. The summed E-state index contributed by atoms with van der Waals surface area (Å²) in [5.74, 6) is 0.749. The molecule has 2 heterocycles. The average molecular weight is 362 g/mol. The van der Waals surface area contributed by atoms with Gasteiger partial charge >= 0.3 is 0 Å². The predicted octanol–water partition coefficient (Wildman–Crippen LogP) is 4.61. The first-order chi connectivity index (χ1) is 12.6. The number of amides is 1. The zero-order chi connectivity index (χ0) is 18.1. The maximum atomic E-state index is 13.1. The number of benzene rings is 2. The largest absolute Gasteiger partial charge is 0.449 e. The summed E-state index contributed by atoms with van der Waals surface area (Å²) in [4.78, 5) is 15.8. The highest BCUT2D eigenvalue weighted by Gasteiger charge is 2.30. The molecule has 0 unspecified atom stereocenters. The molecule has 130 valence electrons. The summed E-state index contributed by atoms with van der Waals surface area (Å²) in [6, 6.07) is 17.3. The Morgan fingerprint density at radius 2 is 2.00 bits per heavy atom. The van der Waals surface area contributed by atoms with E-state index in [-0.39, 0.29) is 5.91 Å². The van der Waals surface area contributed by atoms with Gasteiger partial charge in [0.1, 0.15) is 0 Å². The molecule has 5 heteroatoms. The van der Waals surface area contributed by atoms with Crippen molar-refractivity contribution in [2.24, 2.45) is 0 Å². The van der Waals surface area contributed by atoms with Crippen LogP contribution in [0.1, 0.15) is 16.0 Å². The Kier molecular flexibility index (Phi) is 4.22. The third kappa shape index (κ3) is 3.09. The van der Waals surface area contributed by atoms with Gasteiger partial charge in [-0.25, -0.2) is 0 Å². The van der Waals surface area contributed by atoms with Gasteiger partial charge in [-0.3, -0.25) is 9.69 Å². The molecule has 1 aromatic heterocycles. The van der Waals surface area contributed by atoms with E-state index in [1.807, 2.05) is 54.8 Å². The molecular formula is C21H18N2O2S. The summed E-state index contributed by atoms with van der Waals surface area (Å²) in [6.07, 6.45) is 1.78. The number of anilines is 2. The molecule has 0 saturated heterocycles. The van der Waals surface area contributed by atoms with Crippen LogP contribution in [0.25, 0.3) is 6.08 Å². The van der Waals surface area contributed by atoms with Gasteiger partial charge in [0, 0.05) is 22.7 Å². The van der Waals surface area contributed by atoms with Crippen molar-refractivity contribution in [3.63, 3.8) is 0 Å². The lowest BCUT2D eigenvalue weighted by molar-refractivity contribution is -0.117. The minimum Gasteiger partial charge on any atom is -0.449 e. The molecule has 1 aliphatic rings. The maximum absolute atomic E-state index is 13.1. The van der Waals surface area contributed by atoms with E-state index in [1.165, 1.54) is 0 Å². The molecule has 4 rings (SSSR count). The number of hydrogen-bond acceptors (Lipinski definition) is 4. The van der Waals surface area contributed by atoms with E-state index in [1.54, 1.807) is 34.4 Å². The number of nitrogens with two attached hydrogens (primary N) is 1. The Hall–Kier alpha value is -3.05. The molecule has 4 nitrogen and oxygen atoms in total. The first-order valence-electron chi connectivity index (χ1n) is 8.31. The molecule has 0 saturated carbocycles. The molecule has 2 N–H and O–H groups in total. The molecule has 0 fully saturated rings. The average Bonchev–Trinajstić information content (AvgIpc) is 3.13. The second-order valence-corrected chi connectivity index (χ2v) is 7.15. The summed E-state index contributed by atoms with van der Waals surface area (Å²) in [5.41, 5.74) is 9.50. The molecule has 0 spiro atoms. The highest BCUT2D eigenvalue weighted by Crippen LogP contribution is 2.38. The van der Waals surface area contributed by atoms with Gasteiger partial charge in [0.15, 0.2) is 11.5 Å². The third-order valence-electron chi connectivity index (χ3n) is 4.36. The predicted molar refractivity (Wildman–Crippen MR) is 106 cm³/mol. The Bertz CT molecular complexity index is 993. The number of carbonyl (C=O) groups excluding carboxylic acids is 1. The number of nitrogen functional groups attached to an aromatic ring is 1. The van der Waals surface area contributed by atoms with Crippen molar-refractivity contribution in [3.05, 3.63) is 81.7 Å². The van der Waals surface area contributed by atoms with Crippen molar-refractivity contribution in [3.8, 4) is 5.75 Å². The maximum Gasteiger partial charge on any atom is 0.294 e. The van der Waals surface area contributed by atoms with Gasteiger partial charge in [-0.2, -0.15) is 0 Å². The summed E-state index contributed by atoms with van der Waals surface area (Å²) in [5, 5.41) is 1.97. The number of rotatable bonds is 3. The Balaban J connectivity index is 1.78. The lowest BCUT2D eigenvalue weighted by Gasteiger charge is -2.31. The molecule has 26 heavy (non-hydrogen) atoms. The van der Waals surface area contributed by atoms with Crippen LogP contribution in [0, 0.1) is 6.92 Å². The number of fused-ring (bicyclic) bond motifs is 1. The van der Waals surface area contributed by atoms with Crippen LogP contribution in [0.15, 0.2) is 65.7 Å². The van der Waals surface area contributed by atoms with Gasteiger partial charge in [-0.15, -0.1) is 11.3 Å². The van der Waals surface area contributed by atoms with Crippen molar-refractivity contribution in [1.82, 2.24) is 0 Å². The van der Waals surface area contributed by atoms with Crippen molar-refractivity contribution in [2.75, 3.05) is 10.6 Å². The highest BCUT2D eigenvalue weighted by molar-refractivity contribution is 7.10. The molecule has 1 amide bonds. The van der Waals surface area contributed by atoms with Crippen LogP contribution < -0.4 is 15.4 Å². The van der Waals surface area contributed by atoms with Crippen molar-refractivity contribution < 1.29 is 9.53 Å². The van der Waals surface area contributed by atoms with Crippen molar-refractivity contribution in [1.29, 1.82) is 0 Å². The van der Waals surface area contributed by atoms with E-state index in [4.69, 9.17) is 10.5 Å². The Morgan fingerprint density at radius 3 is 2.77 bits per heavy atom. The fraction of sp³-hybridized carbons (Fsp3) is 0.0952. The minimum absolute atomic E-state index is 0.154. The molecule has 0 aliphatic carbocycles. The number of hydrogen-bond donors (Lipinski definition) is 1. The van der Waals surface area contributed by atoms with E-state index < -0.39 is 0 Å². The van der Waals surface area contributed by atoms with E-state index in [0.29, 0.717) is 23.7 Å². The molecule has 0 bridgehead atoms. The summed E-state index contributed by atoms with van der Waals surface area (Å²) in [7, 11) is 0. The highest BCUT2D eigenvalue weighted by atomic mass is 32.1. The fourth-order valence-corrected chi connectivity index (χ4v) is 3.60. The molecule has 3 aromatic rings. The molecule has 2 aromatic carbocycles. The van der Waals surface area contributed by atoms with E-state index in [2.05, 4.69) is 0 Å². The van der Waals surface area contributed by atoms with Crippen LogP contribution in [0.5, 0.6) is 5.75 Å². The van der Waals surface area contributed by atoms with Crippen LogP contribution in [0.2, 0.25) is 0 Å². The minimum atomic E-state index is -0.154. The van der Waals surface area contributed by atoms with Gasteiger partial charge in [-0.1, -0.05) is 30.3 Å². The van der Waals surface area contributed by atoms with E-state index >= 15 is 0 Å². The first kappa shape index (κ1) is 16.4. The smallest absolute Gasteiger partial charge is 0.294 e. The fourth-order valence-electron chi connectivity index (χ4n) is 2.95. The summed E-state index contributed by atoms with van der Waals surface area (Å²) in [6.45, 7) is 2.53. The zero-order valence-electron chi connectivity index (χ0n) is 14.3. The van der Waals surface area contributed by atoms with Crippen LogP contribution in [0.3, 0.4) is 0 Å². The van der Waals surface area contributed by atoms with Gasteiger partial charge in [0.2, 0.25) is 0 Å². The van der Waals surface area contributed by atoms with Gasteiger partial charge in [-0.05, 0) is 41.6 Å². The number of carbonyl (C=O) groups is 1. The number of nitrogens with zero attached hydrogens (tertiary/aromatic N) is 1. The lowest BCUT2D eigenvalue weighted by atomic mass is 10.1. The van der Waals surface area contributed by atoms with E-state index in [9.17, 15) is 4.79 Å². The SMILES string of the molecule is Cc1ccccc1CN1C(=O)/C(=C\c2cccs2)Oc2cc(N)ccc21. The van der Waals surface area contributed by atoms with Crippen LogP contribution in [-0.2, 0) is 11.3 Å². The topological polar surface area (TPSA) is 55.6 Å². The second-order valence-electron chi connectivity index (χ2n) is 6.17. The summed E-state index contributed by atoms with van der Waals surface area (Å²) >= 11 is 1.56. The first-order valence-corrected chi connectivity index (χ1v) is 9.19. The standard InChI is InChI=1S/C21H18N2O2S/c1-14-5-2-3-6-15(14)13-23-18-9-8-16(22)11-19(18)25-20(21(23)24)12-17-7-4-10-26-17/h2-12H,13,22H2,1H3/b20-12+. The normalized spacial score (nSPS) is 15.0. The van der Waals surface area contributed by atoms with Gasteiger partial charge in [0.05, 0.1) is 12.2 Å². The van der Waals surface area contributed by atoms with E-state index in [0.717, 1.165) is 21.7 Å². The number of aryl methyl sites for hydroxylation is 1. The molecule has 0 radical (unpaired) electrons. The number of thiophene rings is 1. The monoisotopic (exact) mass is 362 g/mol. The Morgan fingerprint density at radius 1 is 1.15 bits per heavy atom. The van der Waals surface area contributed by atoms with Crippen molar-refractivity contribution in [2.45, 2.75) is 13.5 Å². The zero-order valence-corrected chi connectivity index (χ0v) is 15.1. The molecule has 0 atom stereocenters. The Labute approximate surface area is 156 Å². The van der Waals surface area contributed by atoms with Crippen LogP contribution in [-0.4, -0.2) is 5.91 Å². The van der Waals surface area contributed by atoms with Crippen molar-refractivity contribution >= 4 is 34.7 Å². The molecule has 1 aliphatic heterocycles. The quantitative estimate of drug-likeness (QED) is 0.547. The number of ether oxygens (including phenoxy) is 1. The van der Waals surface area contributed by atoms with Crippen LogP contribution >= 0.6 is 11.3 Å². The van der Waals surface area contributed by atoms with Crippen LogP contribution in [0.4, 0.5) is 11.4 Å². The lowest BCUT2D eigenvalue weighted by Crippen LogP contribution is -2.37. The van der Waals surface area contributed by atoms with Gasteiger partial charge in [0.25, 0.3) is 5.91 Å².